The van der Waals surface area contributed by atoms with Crippen LogP contribution < -0.4 is 18.9 Å². The second-order valence-electron chi connectivity index (χ2n) is 9.52. The second kappa shape index (κ2) is 12.7. The molecule has 8 heteroatoms. The maximum Gasteiger partial charge on any atom is 0.329 e. The summed E-state index contributed by atoms with van der Waals surface area (Å²) in [5, 5.41) is 10.4. The first-order valence-electron chi connectivity index (χ1n) is 12.8. The number of aryl methyl sites for hydroxylation is 1. The predicted octanol–water partition coefficient (Wildman–Crippen LogP) is 5.07. The third-order valence-electron chi connectivity index (χ3n) is 7.43. The number of rotatable bonds is 12. The molecule has 0 saturated carbocycles. The van der Waals surface area contributed by atoms with E-state index in [1.807, 2.05) is 24.3 Å². The third kappa shape index (κ3) is 6.12. The molecule has 0 radical (unpaired) electrons. The van der Waals surface area contributed by atoms with E-state index in [0.29, 0.717) is 48.6 Å². The lowest BCUT2D eigenvalue weighted by atomic mass is 9.80. The van der Waals surface area contributed by atoms with Crippen LogP contribution in [0.4, 0.5) is 0 Å². The molecule has 1 fully saturated rings. The van der Waals surface area contributed by atoms with E-state index in [-0.39, 0.29) is 5.91 Å². The molecule has 37 heavy (non-hydrogen) atoms. The van der Waals surface area contributed by atoms with Crippen molar-refractivity contribution >= 4 is 11.9 Å². The number of carbonyl (C=O) groups excluding carboxylic acids is 1. The zero-order valence-corrected chi connectivity index (χ0v) is 22.5. The van der Waals surface area contributed by atoms with E-state index in [1.54, 1.807) is 31.1 Å². The summed E-state index contributed by atoms with van der Waals surface area (Å²) in [5.74, 6) is 0.462. The van der Waals surface area contributed by atoms with Gasteiger partial charge in [-0.05, 0) is 80.8 Å². The molecule has 1 unspecified atom stereocenters. The molecule has 0 aliphatic carbocycles. The van der Waals surface area contributed by atoms with Crippen LogP contribution in [0.25, 0.3) is 0 Å². The largest absolute Gasteiger partial charge is 0.497 e. The number of piperidine rings is 1. The van der Waals surface area contributed by atoms with Gasteiger partial charge in [0.05, 0.1) is 34.4 Å². The molecular formula is C29H39NO7. The maximum atomic E-state index is 13.8. The summed E-state index contributed by atoms with van der Waals surface area (Å²) in [7, 11) is 6.22. The number of methoxy groups -OCH3 is 4. The number of amides is 1. The Bertz CT molecular complexity index is 1040. The number of aliphatic carboxylic acids is 1. The monoisotopic (exact) mass is 513 g/mol. The molecule has 2 atom stereocenters. The number of carboxylic acids is 1. The summed E-state index contributed by atoms with van der Waals surface area (Å²) in [6.45, 7) is 2.23. The van der Waals surface area contributed by atoms with E-state index in [4.69, 9.17) is 18.9 Å². The molecule has 8 nitrogen and oxygen atoms in total. The predicted molar refractivity (Wildman–Crippen MR) is 141 cm³/mol. The highest BCUT2D eigenvalue weighted by molar-refractivity contribution is 5.91. The molecule has 0 aromatic heterocycles. The first-order chi connectivity index (χ1) is 17.8. The van der Waals surface area contributed by atoms with Gasteiger partial charge in [-0.15, -0.1) is 0 Å². The van der Waals surface area contributed by atoms with Crippen LogP contribution in [0.2, 0.25) is 0 Å². The SMILES string of the molecule is COc1ccc(CCCC[C@@]2(C(=O)O)CCCCN2C(=O)C(C)c2cc(OC)c(OC)c(OC)c2)cc1. The van der Waals surface area contributed by atoms with Gasteiger partial charge in [-0.2, -0.15) is 0 Å². The van der Waals surface area contributed by atoms with Gasteiger partial charge in [-0.25, -0.2) is 4.79 Å². The zero-order chi connectivity index (χ0) is 27.0. The first kappa shape index (κ1) is 28.2. The topological polar surface area (TPSA) is 94.5 Å². The second-order valence-corrected chi connectivity index (χ2v) is 9.52. The fourth-order valence-corrected chi connectivity index (χ4v) is 5.21. The Morgan fingerprint density at radius 1 is 0.946 bits per heavy atom. The number of hydrogen-bond acceptors (Lipinski definition) is 6. The number of hydrogen-bond donors (Lipinski definition) is 1. The van der Waals surface area contributed by atoms with E-state index in [9.17, 15) is 14.7 Å². The Balaban J connectivity index is 1.78. The fraction of sp³-hybridized carbons (Fsp3) is 0.517. The van der Waals surface area contributed by atoms with Crippen LogP contribution in [-0.4, -0.2) is 62.4 Å². The first-order valence-corrected chi connectivity index (χ1v) is 12.8. The molecular weight excluding hydrogens is 474 g/mol. The van der Waals surface area contributed by atoms with Gasteiger partial charge >= 0.3 is 5.97 Å². The van der Waals surface area contributed by atoms with Crippen molar-refractivity contribution in [3.8, 4) is 23.0 Å². The Morgan fingerprint density at radius 2 is 1.59 bits per heavy atom. The lowest BCUT2D eigenvalue weighted by Crippen LogP contribution is -2.60. The zero-order valence-electron chi connectivity index (χ0n) is 22.5. The minimum atomic E-state index is -1.20. The average Bonchev–Trinajstić information content (AvgIpc) is 2.93. The van der Waals surface area contributed by atoms with Crippen LogP contribution in [-0.2, 0) is 16.0 Å². The van der Waals surface area contributed by atoms with Crippen molar-refractivity contribution in [3.05, 3.63) is 47.5 Å². The summed E-state index contributed by atoms with van der Waals surface area (Å²) in [4.78, 5) is 28.1. The summed E-state index contributed by atoms with van der Waals surface area (Å²) >= 11 is 0. The highest BCUT2D eigenvalue weighted by atomic mass is 16.5. The molecule has 2 aromatic carbocycles. The number of benzene rings is 2. The molecule has 1 amide bonds. The number of ether oxygens (including phenoxy) is 4. The molecule has 1 aliphatic heterocycles. The minimum Gasteiger partial charge on any atom is -0.497 e. The average molecular weight is 514 g/mol. The number of likely N-dealkylation sites (tertiary alicyclic amines) is 1. The molecule has 3 rings (SSSR count). The quantitative estimate of drug-likeness (QED) is 0.396. The van der Waals surface area contributed by atoms with Crippen molar-refractivity contribution in [2.45, 2.75) is 63.3 Å². The van der Waals surface area contributed by atoms with E-state index >= 15 is 0 Å². The summed E-state index contributed by atoms with van der Waals surface area (Å²) < 4.78 is 21.5. The molecule has 1 saturated heterocycles. The van der Waals surface area contributed by atoms with Gasteiger partial charge in [0.25, 0.3) is 0 Å². The summed E-state index contributed by atoms with van der Waals surface area (Å²) in [6, 6.07) is 11.4. The van der Waals surface area contributed by atoms with Gasteiger partial charge in [0.1, 0.15) is 11.3 Å². The number of unbranched alkanes of at least 4 members (excludes halogenated alkanes) is 1. The normalized spacial score (nSPS) is 18.1. The fourth-order valence-electron chi connectivity index (χ4n) is 5.21. The van der Waals surface area contributed by atoms with Crippen LogP contribution in [0.5, 0.6) is 23.0 Å². The standard InChI is InChI=1S/C29H39NO7/c1-20(22-18-24(35-3)26(37-5)25(19-22)36-4)27(31)30-17-9-8-16-29(30,28(32)33)15-7-6-10-21-11-13-23(34-2)14-12-21/h11-14,18-20H,6-10,15-17H2,1-5H3,(H,32,33)/t20?,29-/m0/s1. The van der Waals surface area contributed by atoms with Gasteiger partial charge in [-0.3, -0.25) is 4.79 Å². The van der Waals surface area contributed by atoms with Crippen LogP contribution in [0.1, 0.15) is 62.5 Å². The lowest BCUT2D eigenvalue weighted by Gasteiger charge is -2.45. The lowest BCUT2D eigenvalue weighted by molar-refractivity contribution is -0.164. The van der Waals surface area contributed by atoms with Crippen molar-refractivity contribution in [3.63, 3.8) is 0 Å². The maximum absolute atomic E-state index is 13.8. The Hall–Kier alpha value is -3.42. The molecule has 2 aromatic rings. The van der Waals surface area contributed by atoms with E-state index in [0.717, 1.165) is 31.4 Å². The summed E-state index contributed by atoms with van der Waals surface area (Å²) in [6.07, 6.45) is 4.84. The number of nitrogens with zero attached hydrogens (tertiary/aromatic N) is 1. The molecule has 0 bridgehead atoms. The van der Waals surface area contributed by atoms with Crippen LogP contribution in [0.15, 0.2) is 36.4 Å². The van der Waals surface area contributed by atoms with Crippen LogP contribution >= 0.6 is 0 Å². The highest BCUT2D eigenvalue weighted by Gasteiger charge is 2.48. The Labute approximate surface area is 219 Å². The van der Waals surface area contributed by atoms with Crippen molar-refractivity contribution in [1.29, 1.82) is 0 Å². The molecule has 1 aliphatic rings. The Morgan fingerprint density at radius 3 is 2.14 bits per heavy atom. The molecule has 1 heterocycles. The van der Waals surface area contributed by atoms with E-state index < -0.39 is 17.4 Å². The van der Waals surface area contributed by atoms with Crippen molar-refractivity contribution < 1.29 is 33.6 Å². The number of carboxylic acid groups (broad SMARTS) is 1. The summed E-state index contributed by atoms with van der Waals surface area (Å²) in [5.41, 5.74) is 0.658. The number of carbonyl (C=O) groups is 2. The van der Waals surface area contributed by atoms with Crippen molar-refractivity contribution in [1.82, 2.24) is 4.90 Å². The highest BCUT2D eigenvalue weighted by Crippen LogP contribution is 2.42. The Kier molecular flexibility index (Phi) is 9.66. The van der Waals surface area contributed by atoms with Crippen LogP contribution in [0.3, 0.4) is 0 Å². The van der Waals surface area contributed by atoms with Crippen molar-refractivity contribution in [2.24, 2.45) is 0 Å². The van der Waals surface area contributed by atoms with Crippen molar-refractivity contribution in [2.75, 3.05) is 35.0 Å². The van der Waals surface area contributed by atoms with Gasteiger partial charge in [0.2, 0.25) is 11.7 Å². The molecule has 0 spiro atoms. The molecule has 202 valence electrons. The van der Waals surface area contributed by atoms with E-state index in [2.05, 4.69) is 0 Å². The minimum absolute atomic E-state index is 0.202. The van der Waals surface area contributed by atoms with Gasteiger partial charge in [0, 0.05) is 6.54 Å². The smallest absolute Gasteiger partial charge is 0.329 e. The van der Waals surface area contributed by atoms with Gasteiger partial charge < -0.3 is 29.0 Å². The van der Waals surface area contributed by atoms with Gasteiger partial charge in [-0.1, -0.05) is 18.6 Å². The molecule has 1 N–H and O–H groups in total. The van der Waals surface area contributed by atoms with E-state index in [1.165, 1.54) is 26.9 Å². The van der Waals surface area contributed by atoms with Crippen LogP contribution in [0, 0.1) is 0 Å². The third-order valence-corrected chi connectivity index (χ3v) is 7.43. The van der Waals surface area contributed by atoms with Gasteiger partial charge in [0.15, 0.2) is 11.5 Å².